The third kappa shape index (κ3) is 3.06. The van der Waals surface area contributed by atoms with Gasteiger partial charge in [-0.05, 0) is 0 Å². The van der Waals surface area contributed by atoms with E-state index in [1.54, 1.807) is 0 Å². The van der Waals surface area contributed by atoms with Crippen LogP contribution < -0.4 is 5.73 Å². The van der Waals surface area contributed by atoms with Gasteiger partial charge in [0.2, 0.25) is 7.37 Å². The maximum atomic E-state index is 10.2. The summed E-state index contributed by atoms with van der Waals surface area (Å²) in [5.41, 5.74) is 4.57. The maximum absolute atomic E-state index is 10.2. The van der Waals surface area contributed by atoms with Crippen molar-refractivity contribution >= 4 is 19.0 Å². The Morgan fingerprint density at radius 2 is 2.29 bits per heavy atom. The summed E-state index contributed by atoms with van der Waals surface area (Å²) in [4.78, 5) is 8.43. The summed E-state index contributed by atoms with van der Waals surface area (Å²) in [6.07, 6.45) is -0.226. The van der Waals surface area contributed by atoms with Crippen molar-refractivity contribution in [3.8, 4) is 0 Å². The lowest BCUT2D eigenvalue weighted by molar-refractivity contribution is 0.483. The van der Waals surface area contributed by atoms with Gasteiger partial charge in [-0.25, -0.2) is 0 Å². The Morgan fingerprint density at radius 1 is 1.86 bits per heavy atom. The second kappa shape index (κ2) is 2.68. The summed E-state index contributed by atoms with van der Waals surface area (Å²) >= 11 is 5.00. The molecule has 5 heteroatoms. The van der Waals surface area contributed by atoms with Gasteiger partial charge in [0, 0.05) is 0 Å². The molecule has 0 aromatic carbocycles. The second-order valence-corrected chi connectivity index (χ2v) is 4.16. The van der Waals surface area contributed by atoms with Crippen molar-refractivity contribution < 1.29 is 9.46 Å². The molecule has 44 valence electrons. The van der Waals surface area contributed by atoms with Gasteiger partial charge in [-0.1, -0.05) is 0 Å². The van der Waals surface area contributed by atoms with E-state index in [4.69, 9.17) is 22.2 Å². The van der Waals surface area contributed by atoms with Crippen LogP contribution in [0.15, 0.2) is 0 Å². The van der Waals surface area contributed by atoms with Gasteiger partial charge in [-0.2, -0.15) is 0 Å². The Morgan fingerprint density at radius 3 is 2.29 bits per heavy atom. The van der Waals surface area contributed by atoms with Gasteiger partial charge in [-0.3, -0.25) is 4.57 Å². The monoisotopic (exact) mass is 143 g/mol. The molecule has 7 heavy (non-hydrogen) atoms. The van der Waals surface area contributed by atoms with Crippen LogP contribution in [0.5, 0.6) is 0 Å². The van der Waals surface area contributed by atoms with Crippen molar-refractivity contribution in [1.29, 1.82) is 0 Å². The third-order valence-electron chi connectivity index (χ3n) is 0.472. The van der Waals surface area contributed by atoms with Crippen molar-refractivity contribution in [1.82, 2.24) is 0 Å². The molecule has 0 spiro atoms. The number of alkyl halides is 1. The average molecular weight is 144 g/mol. The molecule has 1 atom stereocenters. The van der Waals surface area contributed by atoms with E-state index in [1.165, 1.54) is 0 Å². The largest absolute Gasteiger partial charge is 0.343 e. The van der Waals surface area contributed by atoms with E-state index in [9.17, 15) is 4.57 Å². The van der Waals surface area contributed by atoms with Crippen LogP contribution in [0.1, 0.15) is 0 Å². The average Bonchev–Trinajstić information content (AvgIpc) is 1.68. The van der Waals surface area contributed by atoms with E-state index in [-0.39, 0.29) is 11.9 Å². The fourth-order valence-electron chi connectivity index (χ4n) is 0.0488. The van der Waals surface area contributed by atoms with Gasteiger partial charge in [0.25, 0.3) is 0 Å². The molecule has 0 aromatic heterocycles. The van der Waals surface area contributed by atoms with Crippen LogP contribution in [-0.4, -0.2) is 16.8 Å². The van der Waals surface area contributed by atoms with Crippen LogP contribution in [-0.2, 0) is 4.57 Å². The van der Waals surface area contributed by atoms with E-state index in [0.717, 1.165) is 0 Å². The first-order valence-electron chi connectivity index (χ1n) is 1.69. The molecule has 0 heterocycles. The first-order chi connectivity index (χ1) is 3.12. The molecule has 0 aliphatic heterocycles. The minimum Gasteiger partial charge on any atom is -0.343 e. The van der Waals surface area contributed by atoms with Crippen LogP contribution in [0.2, 0.25) is 0 Å². The molecule has 0 amide bonds. The highest BCUT2D eigenvalue weighted by Gasteiger charge is 2.11. The normalized spacial score (nSPS) is 18.7. The van der Waals surface area contributed by atoms with Crippen LogP contribution in [0.4, 0.5) is 0 Å². The Balaban J connectivity index is 3.61. The van der Waals surface area contributed by atoms with Crippen molar-refractivity contribution in [2.24, 2.45) is 5.73 Å². The molecule has 0 radical (unpaired) electrons. The Bertz CT molecular complexity index is 87.7. The minimum absolute atomic E-state index is 0.226. The Hall–Kier alpha value is 0.440. The smallest absolute Gasteiger partial charge is 0.228 e. The zero-order valence-electron chi connectivity index (χ0n) is 3.67. The van der Waals surface area contributed by atoms with E-state index in [1.807, 2.05) is 0 Å². The Labute approximate surface area is 46.9 Å². The molecule has 0 aliphatic rings. The van der Waals surface area contributed by atoms with Crippen molar-refractivity contribution in [3.63, 3.8) is 0 Å². The number of hydrogen-bond donors (Lipinski definition) is 2. The molecule has 0 bridgehead atoms. The summed E-state index contributed by atoms with van der Waals surface area (Å²) in [5, 5.41) is 0. The zero-order chi connectivity index (χ0) is 5.91. The van der Waals surface area contributed by atoms with E-state index >= 15 is 0 Å². The standard InChI is InChI=1S/C2H7ClNO2P/c3-1-7(5,6)2-4/h1-2,4H2,(H,5,6). The minimum atomic E-state index is -3.11. The van der Waals surface area contributed by atoms with E-state index in [2.05, 4.69) is 0 Å². The number of hydrogen-bond acceptors (Lipinski definition) is 2. The third-order valence-corrected chi connectivity index (χ3v) is 2.54. The van der Waals surface area contributed by atoms with E-state index < -0.39 is 7.37 Å². The Kier molecular flexibility index (Phi) is 2.84. The first kappa shape index (κ1) is 7.44. The highest BCUT2D eigenvalue weighted by molar-refractivity contribution is 7.59. The van der Waals surface area contributed by atoms with Crippen LogP contribution in [0.25, 0.3) is 0 Å². The van der Waals surface area contributed by atoms with Gasteiger partial charge in [0.05, 0.1) is 6.29 Å². The molecular formula is C2H7ClNO2P. The van der Waals surface area contributed by atoms with Gasteiger partial charge in [-0.15, -0.1) is 11.6 Å². The van der Waals surface area contributed by atoms with E-state index in [0.29, 0.717) is 0 Å². The van der Waals surface area contributed by atoms with Crippen molar-refractivity contribution in [2.45, 2.75) is 0 Å². The highest BCUT2D eigenvalue weighted by Crippen LogP contribution is 2.38. The summed E-state index contributed by atoms with van der Waals surface area (Å²) in [6, 6.07) is 0. The van der Waals surface area contributed by atoms with Crippen LogP contribution >= 0.6 is 19.0 Å². The van der Waals surface area contributed by atoms with Gasteiger partial charge < -0.3 is 10.6 Å². The summed E-state index contributed by atoms with van der Waals surface area (Å²) in [7, 11) is -3.11. The maximum Gasteiger partial charge on any atom is 0.228 e. The lowest BCUT2D eigenvalue weighted by Crippen LogP contribution is -2.00. The first-order valence-corrected chi connectivity index (χ1v) is 4.26. The number of halogens is 1. The molecule has 1 unspecified atom stereocenters. The summed E-state index contributed by atoms with van der Waals surface area (Å²) in [6.45, 7) is 0. The quantitative estimate of drug-likeness (QED) is 0.434. The molecule has 0 saturated heterocycles. The SMILES string of the molecule is NCP(=O)(O)CCl. The highest BCUT2D eigenvalue weighted by atomic mass is 35.5. The summed E-state index contributed by atoms with van der Waals surface area (Å²) < 4.78 is 10.2. The zero-order valence-corrected chi connectivity index (χ0v) is 5.32. The predicted molar refractivity (Wildman–Crippen MR) is 29.6 cm³/mol. The molecule has 0 aliphatic carbocycles. The molecule has 0 aromatic rings. The molecule has 0 rings (SSSR count). The molecule has 3 nitrogen and oxygen atoms in total. The fourth-order valence-corrected chi connectivity index (χ4v) is 0.439. The molecule has 0 fully saturated rings. The lowest BCUT2D eigenvalue weighted by atomic mass is 11.5. The molecule has 0 saturated carbocycles. The van der Waals surface area contributed by atoms with Crippen molar-refractivity contribution in [2.75, 3.05) is 11.9 Å². The topological polar surface area (TPSA) is 63.3 Å². The second-order valence-electron chi connectivity index (χ2n) is 1.15. The molecule has 3 N–H and O–H groups in total. The predicted octanol–water partition coefficient (Wildman–Crippen LogP) is 0.369. The van der Waals surface area contributed by atoms with Crippen LogP contribution in [0.3, 0.4) is 0 Å². The van der Waals surface area contributed by atoms with Gasteiger partial charge >= 0.3 is 0 Å². The lowest BCUT2D eigenvalue weighted by Gasteiger charge is -1.99. The number of rotatable bonds is 2. The molecular weight excluding hydrogens is 136 g/mol. The number of nitrogens with two attached hydrogens (primary N) is 1. The van der Waals surface area contributed by atoms with Gasteiger partial charge in [0.15, 0.2) is 0 Å². The van der Waals surface area contributed by atoms with Crippen molar-refractivity contribution in [3.05, 3.63) is 0 Å². The van der Waals surface area contributed by atoms with Gasteiger partial charge in [0.1, 0.15) is 5.62 Å². The van der Waals surface area contributed by atoms with Crippen LogP contribution in [0, 0.1) is 0 Å². The summed E-state index contributed by atoms with van der Waals surface area (Å²) in [5.74, 6) is 0. The fraction of sp³-hybridized carbons (Fsp3) is 1.00.